The van der Waals surface area contributed by atoms with Gasteiger partial charge in [-0.2, -0.15) is 0 Å². The number of hydrogen-bond acceptors (Lipinski definition) is 4. The fraction of sp³-hybridized carbons (Fsp3) is 0.312. The number of nitrogens with two attached hydrogens (primary N) is 1. The number of carbonyl (C=O) groups is 1. The van der Waals surface area contributed by atoms with Crippen LogP contribution in [0, 0.1) is 0 Å². The number of nitrogens with zero attached hydrogens (tertiary/aromatic N) is 1. The first-order valence-electron chi connectivity index (χ1n) is 7.00. The Bertz CT molecular complexity index is 596. The minimum Gasteiger partial charge on any atom is -0.491 e. The molecule has 1 aromatic heterocycles. The van der Waals surface area contributed by atoms with E-state index < -0.39 is 0 Å². The molecule has 112 valence electrons. The maximum absolute atomic E-state index is 12.7. The molecular weight excluding hydrogens is 284 g/mol. The standard InChI is InChI=1S/C16H20N2O2S/c1-3-18(11-12-7-6-10-21-12)16(19)13-8-5-9-14(17)15(13)20-4-2/h5-10H,3-4,11,17H2,1-2H3. The molecule has 0 fully saturated rings. The molecular formula is C16H20N2O2S. The van der Waals surface area contributed by atoms with Crippen molar-refractivity contribution in [1.82, 2.24) is 4.90 Å². The van der Waals surface area contributed by atoms with Crippen LogP contribution < -0.4 is 10.5 Å². The number of ether oxygens (including phenoxy) is 1. The fourth-order valence-electron chi connectivity index (χ4n) is 2.12. The summed E-state index contributed by atoms with van der Waals surface area (Å²) in [4.78, 5) is 15.7. The van der Waals surface area contributed by atoms with Crippen LogP contribution in [0.5, 0.6) is 5.75 Å². The summed E-state index contributed by atoms with van der Waals surface area (Å²) in [6, 6.07) is 9.32. The van der Waals surface area contributed by atoms with E-state index in [1.54, 1.807) is 34.4 Å². The summed E-state index contributed by atoms with van der Waals surface area (Å²) in [5.74, 6) is 0.427. The summed E-state index contributed by atoms with van der Waals surface area (Å²) in [5, 5.41) is 2.01. The number of para-hydroxylation sites is 1. The molecule has 0 radical (unpaired) electrons. The van der Waals surface area contributed by atoms with Gasteiger partial charge in [0, 0.05) is 11.4 Å². The average molecular weight is 304 g/mol. The van der Waals surface area contributed by atoms with Crippen LogP contribution >= 0.6 is 11.3 Å². The number of hydrogen-bond donors (Lipinski definition) is 1. The molecule has 0 saturated carbocycles. The van der Waals surface area contributed by atoms with Gasteiger partial charge in [-0.15, -0.1) is 11.3 Å². The molecule has 2 N–H and O–H groups in total. The van der Waals surface area contributed by atoms with Crippen molar-refractivity contribution in [3.8, 4) is 5.75 Å². The van der Waals surface area contributed by atoms with Gasteiger partial charge in [0.25, 0.3) is 5.91 Å². The Labute approximate surface area is 129 Å². The minimum atomic E-state index is -0.0540. The second-order valence-electron chi connectivity index (χ2n) is 4.56. The lowest BCUT2D eigenvalue weighted by molar-refractivity contribution is 0.0750. The zero-order valence-electron chi connectivity index (χ0n) is 12.3. The summed E-state index contributed by atoms with van der Waals surface area (Å²) >= 11 is 1.65. The molecule has 5 heteroatoms. The lowest BCUT2D eigenvalue weighted by Gasteiger charge is -2.22. The predicted octanol–water partition coefficient (Wildman–Crippen LogP) is 3.39. The first-order chi connectivity index (χ1) is 10.2. The monoisotopic (exact) mass is 304 g/mol. The van der Waals surface area contributed by atoms with Crippen LogP contribution in [0.25, 0.3) is 0 Å². The van der Waals surface area contributed by atoms with Gasteiger partial charge in [0.1, 0.15) is 0 Å². The average Bonchev–Trinajstić information content (AvgIpc) is 2.99. The van der Waals surface area contributed by atoms with Gasteiger partial charge in [0.2, 0.25) is 0 Å². The number of rotatable bonds is 6. The van der Waals surface area contributed by atoms with E-state index in [4.69, 9.17) is 10.5 Å². The quantitative estimate of drug-likeness (QED) is 0.832. The molecule has 4 nitrogen and oxygen atoms in total. The van der Waals surface area contributed by atoms with Crippen molar-refractivity contribution in [1.29, 1.82) is 0 Å². The van der Waals surface area contributed by atoms with Crippen LogP contribution in [-0.4, -0.2) is 24.0 Å². The Kier molecular flexibility index (Phi) is 5.22. The highest BCUT2D eigenvalue weighted by molar-refractivity contribution is 7.09. The Morgan fingerprint density at radius 1 is 1.29 bits per heavy atom. The third-order valence-electron chi connectivity index (χ3n) is 3.16. The lowest BCUT2D eigenvalue weighted by Crippen LogP contribution is -2.30. The molecule has 0 bridgehead atoms. The molecule has 1 amide bonds. The highest BCUT2D eigenvalue weighted by atomic mass is 32.1. The van der Waals surface area contributed by atoms with Crippen LogP contribution in [-0.2, 0) is 6.54 Å². The van der Waals surface area contributed by atoms with Crippen molar-refractivity contribution >= 4 is 22.9 Å². The summed E-state index contributed by atoms with van der Waals surface area (Å²) in [5.41, 5.74) is 6.95. The largest absolute Gasteiger partial charge is 0.491 e. The van der Waals surface area contributed by atoms with Gasteiger partial charge < -0.3 is 15.4 Å². The van der Waals surface area contributed by atoms with E-state index in [9.17, 15) is 4.79 Å². The second-order valence-corrected chi connectivity index (χ2v) is 5.59. The Morgan fingerprint density at radius 2 is 2.10 bits per heavy atom. The SMILES string of the molecule is CCOc1c(N)cccc1C(=O)N(CC)Cc1cccs1. The smallest absolute Gasteiger partial charge is 0.258 e. The van der Waals surface area contributed by atoms with Crippen LogP contribution in [0.1, 0.15) is 29.1 Å². The normalized spacial score (nSPS) is 10.4. The fourth-order valence-corrected chi connectivity index (χ4v) is 2.84. The van der Waals surface area contributed by atoms with Gasteiger partial charge in [-0.3, -0.25) is 4.79 Å². The van der Waals surface area contributed by atoms with E-state index in [0.717, 1.165) is 4.88 Å². The number of nitrogen functional groups attached to an aromatic ring is 1. The number of amides is 1. The molecule has 1 heterocycles. The maximum atomic E-state index is 12.7. The van der Waals surface area contributed by atoms with Crippen molar-refractivity contribution in [2.24, 2.45) is 0 Å². The lowest BCUT2D eigenvalue weighted by atomic mass is 10.1. The zero-order valence-corrected chi connectivity index (χ0v) is 13.2. The Balaban J connectivity index is 2.27. The number of anilines is 1. The second kappa shape index (κ2) is 7.13. The zero-order chi connectivity index (χ0) is 15.2. The molecule has 2 rings (SSSR count). The summed E-state index contributed by atoms with van der Waals surface area (Å²) in [6.45, 7) is 5.57. The van der Waals surface area contributed by atoms with Crippen LogP contribution in [0.15, 0.2) is 35.7 Å². The van der Waals surface area contributed by atoms with E-state index in [1.807, 2.05) is 31.4 Å². The van der Waals surface area contributed by atoms with E-state index in [2.05, 4.69) is 0 Å². The first kappa shape index (κ1) is 15.4. The molecule has 0 aliphatic carbocycles. The minimum absolute atomic E-state index is 0.0540. The predicted molar refractivity (Wildman–Crippen MR) is 86.8 cm³/mol. The third-order valence-corrected chi connectivity index (χ3v) is 4.02. The molecule has 0 saturated heterocycles. The Morgan fingerprint density at radius 3 is 2.71 bits per heavy atom. The van der Waals surface area contributed by atoms with E-state index in [-0.39, 0.29) is 5.91 Å². The van der Waals surface area contributed by atoms with Gasteiger partial charge in [-0.05, 0) is 37.4 Å². The summed E-state index contributed by atoms with van der Waals surface area (Å²) < 4.78 is 5.55. The van der Waals surface area contributed by atoms with E-state index >= 15 is 0 Å². The van der Waals surface area contributed by atoms with Gasteiger partial charge in [-0.1, -0.05) is 12.1 Å². The third kappa shape index (κ3) is 3.55. The number of thiophene rings is 1. The number of benzene rings is 1. The first-order valence-corrected chi connectivity index (χ1v) is 7.88. The Hall–Kier alpha value is -2.01. The van der Waals surface area contributed by atoms with E-state index in [0.29, 0.717) is 36.7 Å². The van der Waals surface area contributed by atoms with Crippen molar-refractivity contribution in [3.63, 3.8) is 0 Å². The molecule has 1 aromatic carbocycles. The highest BCUT2D eigenvalue weighted by Gasteiger charge is 2.20. The van der Waals surface area contributed by atoms with Gasteiger partial charge >= 0.3 is 0 Å². The van der Waals surface area contributed by atoms with Crippen LogP contribution in [0.4, 0.5) is 5.69 Å². The molecule has 2 aromatic rings. The summed E-state index contributed by atoms with van der Waals surface area (Å²) in [7, 11) is 0. The van der Waals surface area contributed by atoms with Crippen LogP contribution in [0.2, 0.25) is 0 Å². The topological polar surface area (TPSA) is 55.6 Å². The van der Waals surface area contributed by atoms with E-state index in [1.165, 1.54) is 0 Å². The van der Waals surface area contributed by atoms with Crippen LogP contribution in [0.3, 0.4) is 0 Å². The maximum Gasteiger partial charge on any atom is 0.258 e. The molecule has 0 unspecified atom stereocenters. The number of carbonyl (C=O) groups excluding carboxylic acids is 1. The molecule has 21 heavy (non-hydrogen) atoms. The molecule has 0 atom stereocenters. The van der Waals surface area contributed by atoms with Crippen molar-refractivity contribution in [2.75, 3.05) is 18.9 Å². The van der Waals surface area contributed by atoms with Gasteiger partial charge in [-0.25, -0.2) is 0 Å². The van der Waals surface area contributed by atoms with Gasteiger partial charge in [0.15, 0.2) is 5.75 Å². The van der Waals surface area contributed by atoms with Gasteiger partial charge in [0.05, 0.1) is 24.4 Å². The molecule has 0 aliphatic rings. The highest BCUT2D eigenvalue weighted by Crippen LogP contribution is 2.28. The molecule has 0 spiro atoms. The van der Waals surface area contributed by atoms with Crippen molar-refractivity contribution in [2.45, 2.75) is 20.4 Å². The molecule has 0 aliphatic heterocycles. The van der Waals surface area contributed by atoms with Crippen molar-refractivity contribution < 1.29 is 9.53 Å². The summed E-state index contributed by atoms with van der Waals surface area (Å²) in [6.07, 6.45) is 0. The van der Waals surface area contributed by atoms with Crippen molar-refractivity contribution in [3.05, 3.63) is 46.2 Å².